The van der Waals surface area contributed by atoms with Gasteiger partial charge in [0.25, 0.3) is 5.54 Å². The van der Waals surface area contributed by atoms with E-state index in [2.05, 4.69) is 16.8 Å². The predicted molar refractivity (Wildman–Crippen MR) is 48.8 cm³/mol. The molecule has 6 heteroatoms. The van der Waals surface area contributed by atoms with Crippen LogP contribution in [0.25, 0.3) is 0 Å². The lowest BCUT2D eigenvalue weighted by atomic mass is 9.90. The van der Waals surface area contributed by atoms with Crippen LogP contribution in [-0.2, 0) is 0 Å². The van der Waals surface area contributed by atoms with Gasteiger partial charge in [-0.15, -0.1) is 0 Å². The third kappa shape index (κ3) is 0.958. The lowest BCUT2D eigenvalue weighted by Crippen LogP contribution is -2.83. The van der Waals surface area contributed by atoms with Crippen LogP contribution in [-0.4, -0.2) is 71.4 Å². The normalized spacial score (nSPS) is 54.9. The van der Waals surface area contributed by atoms with Gasteiger partial charge in [-0.2, -0.15) is 0 Å². The Bertz CT molecular complexity index is 292. The maximum Gasteiger partial charge on any atom is 0.294 e. The zero-order valence-electron chi connectivity index (χ0n) is 8.35. The first kappa shape index (κ1) is 8.58. The van der Waals surface area contributed by atoms with Gasteiger partial charge in [-0.1, -0.05) is 0 Å². The highest BCUT2D eigenvalue weighted by Gasteiger charge is 2.63. The Kier molecular flexibility index (Phi) is 1.39. The maximum atomic E-state index is 11.1. The second kappa shape index (κ2) is 2.26. The van der Waals surface area contributed by atoms with Crippen LogP contribution in [0.1, 0.15) is 0 Å². The summed E-state index contributed by atoms with van der Waals surface area (Å²) in [6.07, 6.45) is 0. The molecule has 0 spiro atoms. The van der Waals surface area contributed by atoms with Crippen LogP contribution in [0.3, 0.4) is 0 Å². The fourth-order valence-electron chi connectivity index (χ4n) is 3.55. The van der Waals surface area contributed by atoms with Gasteiger partial charge >= 0.3 is 0 Å². The van der Waals surface area contributed by atoms with Crippen molar-refractivity contribution in [2.24, 2.45) is 0 Å². The Morgan fingerprint density at radius 2 is 1.93 bits per heavy atom. The fourth-order valence-corrected chi connectivity index (χ4v) is 3.55. The first-order valence-electron chi connectivity index (χ1n) is 4.94. The molecule has 0 aromatic carbocycles. The minimum absolute atomic E-state index is 0.0546. The topological polar surface area (TPSA) is 49.6 Å². The third-order valence-corrected chi connectivity index (χ3v) is 3.58. The summed E-state index contributed by atoms with van der Waals surface area (Å²) in [5.41, 5.74) is -0.691. The Morgan fingerprint density at radius 3 is 2.36 bits per heavy atom. The van der Waals surface area contributed by atoms with Crippen molar-refractivity contribution in [1.29, 1.82) is 0 Å². The second-order valence-electron chi connectivity index (χ2n) is 5.34. The lowest BCUT2D eigenvalue weighted by molar-refractivity contribution is -0.969. The zero-order valence-corrected chi connectivity index (χ0v) is 8.35. The Morgan fingerprint density at radius 1 is 1.36 bits per heavy atom. The Hall–Kier alpha value is -0.720. The minimum atomic E-state index is -0.691. The van der Waals surface area contributed by atoms with Crippen LogP contribution < -0.4 is 0 Å². The van der Waals surface area contributed by atoms with Gasteiger partial charge in [0.05, 0.1) is 26.8 Å². The number of nitrogens with zero attached hydrogens (tertiary/aromatic N) is 4. The molecule has 0 N–H and O–H groups in total. The molecule has 2 atom stereocenters. The van der Waals surface area contributed by atoms with E-state index in [4.69, 9.17) is 0 Å². The summed E-state index contributed by atoms with van der Waals surface area (Å²) in [7, 11) is 2.12. The summed E-state index contributed by atoms with van der Waals surface area (Å²) >= 11 is 0. The molecule has 6 nitrogen and oxygen atoms in total. The van der Waals surface area contributed by atoms with E-state index in [1.54, 1.807) is 0 Å². The molecule has 78 valence electrons. The molecule has 4 rings (SSSR count). The molecular weight excluding hydrogens is 184 g/mol. The molecule has 4 fully saturated rings. The van der Waals surface area contributed by atoms with Gasteiger partial charge in [-0.25, -0.2) is 9.80 Å². The van der Waals surface area contributed by atoms with Crippen molar-refractivity contribution in [3.63, 3.8) is 0 Å². The van der Waals surface area contributed by atoms with Gasteiger partial charge in [0.15, 0.2) is 6.54 Å². The van der Waals surface area contributed by atoms with Crippen LogP contribution in [0.5, 0.6) is 0 Å². The van der Waals surface area contributed by atoms with E-state index in [1.807, 2.05) is 0 Å². The van der Waals surface area contributed by atoms with Crippen molar-refractivity contribution in [1.82, 2.24) is 9.80 Å². The van der Waals surface area contributed by atoms with Crippen molar-refractivity contribution >= 4 is 0 Å². The van der Waals surface area contributed by atoms with E-state index in [1.165, 1.54) is 0 Å². The molecule has 4 aliphatic heterocycles. The lowest BCUT2D eigenvalue weighted by Gasteiger charge is -2.59. The van der Waals surface area contributed by atoms with E-state index >= 15 is 0 Å². The first-order chi connectivity index (χ1) is 6.51. The number of quaternary nitrogens is 1. The van der Waals surface area contributed by atoms with E-state index in [0.717, 1.165) is 24.5 Å². The molecule has 0 aliphatic carbocycles. The van der Waals surface area contributed by atoms with Gasteiger partial charge in [-0.05, 0) is 0 Å². The quantitative estimate of drug-likeness (QED) is 0.308. The number of nitro groups is 1. The van der Waals surface area contributed by atoms with Gasteiger partial charge in [-0.3, -0.25) is 14.6 Å². The van der Waals surface area contributed by atoms with Crippen LogP contribution in [0.15, 0.2) is 0 Å². The van der Waals surface area contributed by atoms with Crippen LogP contribution >= 0.6 is 0 Å². The largest absolute Gasteiger partial charge is 0.295 e. The van der Waals surface area contributed by atoms with E-state index in [-0.39, 0.29) is 4.92 Å². The Balaban J connectivity index is 2.00. The molecule has 0 amide bonds. The van der Waals surface area contributed by atoms with Gasteiger partial charge in [0.2, 0.25) is 0 Å². The zero-order chi connectivity index (χ0) is 9.97. The molecule has 0 aromatic rings. The van der Waals surface area contributed by atoms with E-state index in [9.17, 15) is 10.1 Å². The monoisotopic (exact) mass is 199 g/mol. The predicted octanol–water partition coefficient (Wildman–Crippen LogP) is -1.03. The molecule has 14 heavy (non-hydrogen) atoms. The summed E-state index contributed by atoms with van der Waals surface area (Å²) in [4.78, 5) is 15.5. The number of hydrogen-bond acceptors (Lipinski definition) is 4. The highest BCUT2D eigenvalue weighted by molar-refractivity contribution is 4.95. The SMILES string of the molecule is C[N+]12CN3CN(CC([N+](=O)[O-])(C3)C1)C2. The summed E-state index contributed by atoms with van der Waals surface area (Å²) in [5.74, 6) is 0. The smallest absolute Gasteiger partial charge is 0.294 e. The van der Waals surface area contributed by atoms with Crippen molar-refractivity contribution < 1.29 is 9.41 Å². The molecular formula is C8H15N4O2+. The Labute approximate surface area is 82.4 Å². The molecule has 0 saturated carbocycles. The molecule has 4 saturated heterocycles. The van der Waals surface area contributed by atoms with E-state index in [0.29, 0.717) is 19.6 Å². The molecule has 2 unspecified atom stereocenters. The van der Waals surface area contributed by atoms with Gasteiger partial charge < -0.3 is 0 Å². The van der Waals surface area contributed by atoms with Crippen molar-refractivity contribution in [3.05, 3.63) is 10.1 Å². The maximum absolute atomic E-state index is 11.1. The third-order valence-electron chi connectivity index (χ3n) is 3.58. The average molecular weight is 199 g/mol. The number of likely N-dealkylation sites (N-methyl/N-ethyl adjacent to an activating group) is 1. The summed E-state index contributed by atoms with van der Waals surface area (Å²) in [6.45, 7) is 4.86. The average Bonchev–Trinajstić information content (AvgIpc) is 1.98. The van der Waals surface area contributed by atoms with E-state index < -0.39 is 5.54 Å². The summed E-state index contributed by atoms with van der Waals surface area (Å²) in [5, 5.41) is 11.1. The molecule has 4 bridgehead atoms. The van der Waals surface area contributed by atoms with Crippen molar-refractivity contribution in [2.45, 2.75) is 5.54 Å². The van der Waals surface area contributed by atoms with Gasteiger partial charge in [0.1, 0.15) is 13.3 Å². The molecule has 4 aliphatic rings. The summed E-state index contributed by atoms with van der Waals surface area (Å²) < 4.78 is 0.820. The van der Waals surface area contributed by atoms with Crippen LogP contribution in [0, 0.1) is 10.1 Å². The number of hydrogen-bond donors (Lipinski definition) is 0. The minimum Gasteiger partial charge on any atom is -0.295 e. The van der Waals surface area contributed by atoms with Gasteiger partial charge in [0, 0.05) is 4.92 Å². The second-order valence-corrected chi connectivity index (χ2v) is 5.34. The van der Waals surface area contributed by atoms with Crippen LogP contribution in [0.4, 0.5) is 0 Å². The number of rotatable bonds is 1. The fraction of sp³-hybridized carbons (Fsp3) is 1.00. The van der Waals surface area contributed by atoms with Crippen molar-refractivity contribution in [3.8, 4) is 0 Å². The van der Waals surface area contributed by atoms with Crippen LogP contribution in [0.2, 0.25) is 0 Å². The summed E-state index contributed by atoms with van der Waals surface area (Å²) in [6, 6.07) is 0. The van der Waals surface area contributed by atoms with Crippen molar-refractivity contribution in [2.75, 3.05) is 46.7 Å². The standard InChI is InChI=1S/C8H15N4O2/c1-12-4-8(11(13)14)2-9(6-12)5-10(3-8)7-12/h2-7H2,1H3/q+1. The molecule has 0 aromatic heterocycles. The highest BCUT2D eigenvalue weighted by atomic mass is 16.6. The highest BCUT2D eigenvalue weighted by Crippen LogP contribution is 2.34. The first-order valence-corrected chi connectivity index (χ1v) is 4.94. The molecule has 0 radical (unpaired) electrons. The molecule has 4 heterocycles.